The lowest BCUT2D eigenvalue weighted by atomic mass is 10.1. The maximum absolute atomic E-state index is 5.77. The molecule has 82 valence electrons. The summed E-state index contributed by atoms with van der Waals surface area (Å²) in [5.74, 6) is 0.898. The highest BCUT2D eigenvalue weighted by atomic mass is 16.5. The Hall–Kier alpha value is -1.06. The van der Waals surface area contributed by atoms with E-state index in [1.165, 1.54) is 0 Å². The Morgan fingerprint density at radius 1 is 1.40 bits per heavy atom. The quantitative estimate of drug-likeness (QED) is 0.823. The van der Waals surface area contributed by atoms with Gasteiger partial charge in [-0.2, -0.15) is 0 Å². The van der Waals surface area contributed by atoms with Crippen LogP contribution in [0.5, 0.6) is 5.75 Å². The first-order chi connectivity index (χ1) is 7.25. The van der Waals surface area contributed by atoms with Crippen LogP contribution in [0.2, 0.25) is 0 Å². The summed E-state index contributed by atoms with van der Waals surface area (Å²) < 4.78 is 11.0. The molecule has 15 heavy (non-hydrogen) atoms. The fourth-order valence-electron chi connectivity index (χ4n) is 1.65. The van der Waals surface area contributed by atoms with E-state index in [0.717, 1.165) is 24.3 Å². The molecule has 3 nitrogen and oxygen atoms in total. The molecule has 1 aliphatic heterocycles. The SMILES string of the molecule is C[C@H](N)c1ccc(O[C@@H]2CCOC2)cc1. The lowest BCUT2D eigenvalue weighted by Gasteiger charge is -2.12. The zero-order valence-electron chi connectivity index (χ0n) is 8.98. The second-order valence-corrected chi connectivity index (χ2v) is 3.96. The number of hydrogen-bond acceptors (Lipinski definition) is 3. The first-order valence-corrected chi connectivity index (χ1v) is 5.35. The molecule has 1 aromatic rings. The lowest BCUT2D eigenvalue weighted by Crippen LogP contribution is -2.15. The van der Waals surface area contributed by atoms with Crippen molar-refractivity contribution >= 4 is 0 Å². The summed E-state index contributed by atoms with van der Waals surface area (Å²) in [4.78, 5) is 0. The van der Waals surface area contributed by atoms with Crippen LogP contribution in [0.25, 0.3) is 0 Å². The van der Waals surface area contributed by atoms with E-state index in [0.29, 0.717) is 6.61 Å². The van der Waals surface area contributed by atoms with Gasteiger partial charge in [-0.1, -0.05) is 12.1 Å². The van der Waals surface area contributed by atoms with Crippen LogP contribution in [0.3, 0.4) is 0 Å². The van der Waals surface area contributed by atoms with E-state index in [1.54, 1.807) is 0 Å². The minimum Gasteiger partial charge on any atom is -0.488 e. The van der Waals surface area contributed by atoms with Gasteiger partial charge in [-0.15, -0.1) is 0 Å². The van der Waals surface area contributed by atoms with Gasteiger partial charge in [0.2, 0.25) is 0 Å². The van der Waals surface area contributed by atoms with Crippen molar-refractivity contribution in [2.45, 2.75) is 25.5 Å². The molecule has 2 N–H and O–H groups in total. The van der Waals surface area contributed by atoms with E-state index in [2.05, 4.69) is 0 Å². The normalized spacial score (nSPS) is 22.7. The number of ether oxygens (including phenoxy) is 2. The largest absolute Gasteiger partial charge is 0.488 e. The highest BCUT2D eigenvalue weighted by Crippen LogP contribution is 2.19. The van der Waals surface area contributed by atoms with Crippen LogP contribution in [0.15, 0.2) is 24.3 Å². The van der Waals surface area contributed by atoms with Crippen LogP contribution in [0.1, 0.15) is 24.9 Å². The van der Waals surface area contributed by atoms with Gasteiger partial charge < -0.3 is 15.2 Å². The molecule has 0 aromatic heterocycles. The third kappa shape index (κ3) is 2.70. The summed E-state index contributed by atoms with van der Waals surface area (Å²) in [5.41, 5.74) is 6.90. The predicted octanol–water partition coefficient (Wildman–Crippen LogP) is 1.87. The van der Waals surface area contributed by atoms with E-state index in [4.69, 9.17) is 15.2 Å². The lowest BCUT2D eigenvalue weighted by molar-refractivity contribution is 0.141. The van der Waals surface area contributed by atoms with Gasteiger partial charge in [-0.05, 0) is 24.6 Å². The summed E-state index contributed by atoms with van der Waals surface area (Å²) in [5, 5.41) is 0. The molecular formula is C12H17NO2. The zero-order valence-corrected chi connectivity index (χ0v) is 8.98. The molecule has 0 spiro atoms. The number of benzene rings is 1. The monoisotopic (exact) mass is 207 g/mol. The van der Waals surface area contributed by atoms with E-state index < -0.39 is 0 Å². The summed E-state index contributed by atoms with van der Waals surface area (Å²) in [7, 11) is 0. The van der Waals surface area contributed by atoms with Gasteiger partial charge in [0.05, 0.1) is 13.2 Å². The summed E-state index contributed by atoms with van der Waals surface area (Å²) >= 11 is 0. The summed E-state index contributed by atoms with van der Waals surface area (Å²) in [6.07, 6.45) is 1.20. The molecule has 1 aliphatic rings. The van der Waals surface area contributed by atoms with Crippen LogP contribution in [-0.4, -0.2) is 19.3 Å². The molecule has 0 bridgehead atoms. The Kier molecular flexibility index (Phi) is 3.23. The molecule has 1 aromatic carbocycles. The van der Waals surface area contributed by atoms with Crippen molar-refractivity contribution in [1.82, 2.24) is 0 Å². The molecule has 1 fully saturated rings. The smallest absolute Gasteiger partial charge is 0.124 e. The molecule has 3 heteroatoms. The van der Waals surface area contributed by atoms with Crippen LogP contribution < -0.4 is 10.5 Å². The summed E-state index contributed by atoms with van der Waals surface area (Å²) in [6.45, 7) is 3.48. The van der Waals surface area contributed by atoms with Crippen LogP contribution in [-0.2, 0) is 4.74 Å². The zero-order chi connectivity index (χ0) is 10.7. The average Bonchev–Trinajstić information content (AvgIpc) is 2.71. The molecule has 0 unspecified atom stereocenters. The van der Waals surface area contributed by atoms with E-state index >= 15 is 0 Å². The molecule has 0 saturated carbocycles. The van der Waals surface area contributed by atoms with Gasteiger partial charge >= 0.3 is 0 Å². The Balaban J connectivity index is 1.97. The Labute approximate surface area is 90.2 Å². The Morgan fingerprint density at radius 2 is 2.13 bits per heavy atom. The first kappa shape index (κ1) is 10.5. The second-order valence-electron chi connectivity index (χ2n) is 3.96. The van der Waals surface area contributed by atoms with Crippen LogP contribution >= 0.6 is 0 Å². The maximum atomic E-state index is 5.77. The Bertz CT molecular complexity index is 302. The third-order valence-electron chi connectivity index (χ3n) is 2.60. The minimum absolute atomic E-state index is 0.0777. The number of rotatable bonds is 3. The highest BCUT2D eigenvalue weighted by Gasteiger charge is 2.16. The fourth-order valence-corrected chi connectivity index (χ4v) is 1.65. The van der Waals surface area contributed by atoms with Crippen molar-refractivity contribution in [2.75, 3.05) is 13.2 Å². The molecule has 0 aliphatic carbocycles. The van der Waals surface area contributed by atoms with Crippen LogP contribution in [0.4, 0.5) is 0 Å². The average molecular weight is 207 g/mol. The molecule has 0 amide bonds. The minimum atomic E-state index is 0.0777. The standard InChI is InChI=1S/C12H17NO2/c1-9(13)10-2-4-11(5-3-10)15-12-6-7-14-8-12/h2-5,9,12H,6-8,13H2,1H3/t9-,12+/m0/s1. The van der Waals surface area contributed by atoms with Gasteiger partial charge in [-0.25, -0.2) is 0 Å². The van der Waals surface area contributed by atoms with E-state index in [1.807, 2.05) is 31.2 Å². The van der Waals surface area contributed by atoms with Gasteiger partial charge in [0.15, 0.2) is 0 Å². The maximum Gasteiger partial charge on any atom is 0.124 e. The van der Waals surface area contributed by atoms with Crippen molar-refractivity contribution in [2.24, 2.45) is 5.73 Å². The molecule has 0 radical (unpaired) electrons. The highest BCUT2D eigenvalue weighted by molar-refractivity contribution is 5.28. The summed E-state index contributed by atoms with van der Waals surface area (Å²) in [6, 6.07) is 8.04. The second kappa shape index (κ2) is 4.64. The van der Waals surface area contributed by atoms with Gasteiger partial charge in [0, 0.05) is 12.5 Å². The van der Waals surface area contributed by atoms with Gasteiger partial charge in [0.25, 0.3) is 0 Å². The molecular weight excluding hydrogens is 190 g/mol. The molecule has 2 atom stereocenters. The Morgan fingerprint density at radius 3 is 2.67 bits per heavy atom. The van der Waals surface area contributed by atoms with Crippen molar-refractivity contribution in [3.8, 4) is 5.75 Å². The van der Waals surface area contributed by atoms with Crippen molar-refractivity contribution in [1.29, 1.82) is 0 Å². The molecule has 1 saturated heterocycles. The fraction of sp³-hybridized carbons (Fsp3) is 0.500. The molecule has 1 heterocycles. The van der Waals surface area contributed by atoms with Crippen molar-refractivity contribution < 1.29 is 9.47 Å². The number of hydrogen-bond donors (Lipinski definition) is 1. The van der Waals surface area contributed by atoms with Gasteiger partial charge in [-0.3, -0.25) is 0 Å². The predicted molar refractivity (Wildman–Crippen MR) is 58.9 cm³/mol. The van der Waals surface area contributed by atoms with Gasteiger partial charge in [0.1, 0.15) is 11.9 Å². The van der Waals surface area contributed by atoms with Crippen molar-refractivity contribution in [3.63, 3.8) is 0 Å². The molecule has 2 rings (SSSR count). The topological polar surface area (TPSA) is 44.5 Å². The number of nitrogens with two attached hydrogens (primary N) is 1. The van der Waals surface area contributed by atoms with E-state index in [9.17, 15) is 0 Å². The van der Waals surface area contributed by atoms with Crippen molar-refractivity contribution in [3.05, 3.63) is 29.8 Å². The first-order valence-electron chi connectivity index (χ1n) is 5.35. The van der Waals surface area contributed by atoms with Crippen LogP contribution in [0, 0.1) is 0 Å². The van der Waals surface area contributed by atoms with E-state index in [-0.39, 0.29) is 12.1 Å². The third-order valence-corrected chi connectivity index (χ3v) is 2.60.